The molecule has 8 heteroatoms. The predicted molar refractivity (Wildman–Crippen MR) is 105 cm³/mol. The van der Waals surface area contributed by atoms with Gasteiger partial charge in [0, 0.05) is 11.1 Å². The van der Waals surface area contributed by atoms with Crippen LogP contribution >= 0.6 is 23.2 Å². The first-order valence-electron chi connectivity index (χ1n) is 7.74. The van der Waals surface area contributed by atoms with Crippen LogP contribution in [0.4, 0.5) is 5.69 Å². The summed E-state index contributed by atoms with van der Waals surface area (Å²) in [4.78, 5) is 23.2. The highest BCUT2D eigenvalue weighted by Crippen LogP contribution is 2.29. The van der Waals surface area contributed by atoms with E-state index in [0.29, 0.717) is 32.8 Å². The Labute approximate surface area is 166 Å². The summed E-state index contributed by atoms with van der Waals surface area (Å²) in [5, 5.41) is 3.45. The molecule has 0 aliphatic rings. The Morgan fingerprint density at radius 2 is 1.85 bits per heavy atom. The first kappa shape index (κ1) is 20.6. The molecule has 0 bridgehead atoms. The average molecular weight is 410 g/mol. The summed E-state index contributed by atoms with van der Waals surface area (Å²) in [5.74, 6) is -0.0859. The summed E-state index contributed by atoms with van der Waals surface area (Å²) in [6, 6.07) is 9.77. The van der Waals surface area contributed by atoms with Gasteiger partial charge in [0.05, 0.1) is 24.9 Å². The molecule has 0 spiro atoms. The zero-order chi connectivity index (χ0) is 19.8. The van der Waals surface area contributed by atoms with Crippen molar-refractivity contribution < 1.29 is 23.8 Å². The van der Waals surface area contributed by atoms with E-state index in [-0.39, 0.29) is 6.61 Å². The number of esters is 1. The molecule has 0 saturated heterocycles. The third kappa shape index (κ3) is 6.20. The molecular formula is C19H17Cl2NO5. The average Bonchev–Trinajstić information content (AvgIpc) is 2.67. The van der Waals surface area contributed by atoms with Gasteiger partial charge in [0.25, 0.3) is 5.91 Å². The second-order valence-corrected chi connectivity index (χ2v) is 6.07. The molecular weight excluding hydrogens is 393 g/mol. The van der Waals surface area contributed by atoms with E-state index in [9.17, 15) is 9.59 Å². The summed E-state index contributed by atoms with van der Waals surface area (Å²) < 4.78 is 15.3. The Bertz CT molecular complexity index is 867. The topological polar surface area (TPSA) is 73.9 Å². The van der Waals surface area contributed by atoms with Crippen molar-refractivity contribution in [3.63, 3.8) is 0 Å². The van der Waals surface area contributed by atoms with Gasteiger partial charge in [-0.25, -0.2) is 4.79 Å². The second kappa shape index (κ2) is 9.85. The molecule has 27 heavy (non-hydrogen) atoms. The van der Waals surface area contributed by atoms with Crippen LogP contribution in [0.1, 0.15) is 5.56 Å². The summed E-state index contributed by atoms with van der Waals surface area (Å²) in [6.45, 7) is -0.253. The first-order chi connectivity index (χ1) is 12.9. The monoisotopic (exact) mass is 409 g/mol. The molecule has 0 atom stereocenters. The van der Waals surface area contributed by atoms with Gasteiger partial charge in [-0.1, -0.05) is 29.3 Å². The third-order valence-corrected chi connectivity index (χ3v) is 3.93. The lowest BCUT2D eigenvalue weighted by atomic mass is 10.2. The Balaban J connectivity index is 2.02. The maximum Gasteiger partial charge on any atom is 0.330 e. The molecule has 2 rings (SSSR count). The van der Waals surface area contributed by atoms with Gasteiger partial charge in [0.15, 0.2) is 18.1 Å². The minimum absolute atomic E-state index is 0.253. The van der Waals surface area contributed by atoms with Crippen LogP contribution in [0.25, 0.3) is 6.08 Å². The van der Waals surface area contributed by atoms with Crippen LogP contribution in [0, 0.1) is 0 Å². The highest BCUT2D eigenvalue weighted by atomic mass is 35.5. The summed E-state index contributed by atoms with van der Waals surface area (Å²) in [5.41, 5.74) is 1.10. The van der Waals surface area contributed by atoms with E-state index in [1.807, 2.05) is 0 Å². The Kier molecular flexibility index (Phi) is 7.52. The number of methoxy groups -OCH3 is 2. The number of hydrogen-bond donors (Lipinski definition) is 1. The molecule has 0 heterocycles. The maximum absolute atomic E-state index is 12.1. The van der Waals surface area contributed by atoms with E-state index >= 15 is 0 Å². The van der Waals surface area contributed by atoms with Crippen molar-refractivity contribution in [1.29, 1.82) is 0 Å². The molecule has 0 aliphatic heterocycles. The van der Waals surface area contributed by atoms with Crippen molar-refractivity contribution in [1.82, 2.24) is 0 Å². The highest BCUT2D eigenvalue weighted by Gasteiger charge is 2.10. The maximum atomic E-state index is 12.1. The van der Waals surface area contributed by atoms with E-state index < -0.39 is 11.9 Å². The fraction of sp³-hybridized carbons (Fsp3) is 0.158. The summed E-state index contributed by atoms with van der Waals surface area (Å²) in [7, 11) is 2.77. The molecule has 0 aliphatic carbocycles. The van der Waals surface area contributed by atoms with E-state index in [2.05, 4.69) is 10.1 Å². The van der Waals surface area contributed by atoms with Crippen LogP contribution in [0.2, 0.25) is 10.0 Å². The number of nitrogens with one attached hydrogen (secondary N) is 1. The van der Waals surface area contributed by atoms with Crippen LogP contribution < -0.4 is 14.8 Å². The lowest BCUT2D eigenvalue weighted by Crippen LogP contribution is -2.20. The molecule has 1 amide bonds. The minimum Gasteiger partial charge on any atom is -0.493 e. The first-order valence-corrected chi connectivity index (χ1v) is 8.50. The molecule has 2 aromatic rings. The van der Waals surface area contributed by atoms with Crippen molar-refractivity contribution in [2.75, 3.05) is 26.1 Å². The van der Waals surface area contributed by atoms with Crippen LogP contribution in [0.15, 0.2) is 42.5 Å². The van der Waals surface area contributed by atoms with Gasteiger partial charge >= 0.3 is 5.97 Å². The molecule has 2 aromatic carbocycles. The van der Waals surface area contributed by atoms with Gasteiger partial charge in [-0.3, -0.25) is 4.79 Å². The summed E-state index contributed by atoms with van der Waals surface area (Å²) in [6.07, 6.45) is 2.86. The fourth-order valence-corrected chi connectivity index (χ4v) is 2.40. The molecule has 0 radical (unpaired) electrons. The number of amides is 1. The number of halogens is 2. The second-order valence-electron chi connectivity index (χ2n) is 5.23. The molecule has 6 nitrogen and oxygen atoms in total. The number of carbonyl (C=O) groups is 2. The van der Waals surface area contributed by atoms with Crippen molar-refractivity contribution in [3.8, 4) is 11.5 Å². The van der Waals surface area contributed by atoms with Gasteiger partial charge in [0.1, 0.15) is 0 Å². The Morgan fingerprint density at radius 1 is 1.07 bits per heavy atom. The molecule has 0 saturated carbocycles. The zero-order valence-electron chi connectivity index (χ0n) is 14.6. The van der Waals surface area contributed by atoms with E-state index in [4.69, 9.17) is 32.7 Å². The standard InChI is InChI=1S/C19H17Cl2NO5/c1-25-17-9-12(4-8-19(24)26-2)3-7-16(17)27-11-18(23)22-15-10-13(20)5-6-14(15)21/h3-10H,11H2,1-2H3,(H,22,23)/b8-4+. The van der Waals surface area contributed by atoms with Crippen molar-refractivity contribution in [2.24, 2.45) is 0 Å². The van der Waals surface area contributed by atoms with Crippen LogP contribution in [0.5, 0.6) is 11.5 Å². The van der Waals surface area contributed by atoms with Gasteiger partial charge in [-0.2, -0.15) is 0 Å². The molecule has 0 aromatic heterocycles. The number of hydrogen-bond acceptors (Lipinski definition) is 5. The number of rotatable bonds is 7. The van der Waals surface area contributed by atoms with Gasteiger partial charge < -0.3 is 19.5 Å². The Hall–Kier alpha value is -2.70. The molecule has 1 N–H and O–H groups in total. The number of ether oxygens (including phenoxy) is 3. The number of carbonyl (C=O) groups excluding carboxylic acids is 2. The van der Waals surface area contributed by atoms with E-state index in [0.717, 1.165) is 0 Å². The molecule has 0 unspecified atom stereocenters. The van der Waals surface area contributed by atoms with Gasteiger partial charge in [-0.15, -0.1) is 0 Å². The van der Waals surface area contributed by atoms with E-state index in [1.165, 1.54) is 20.3 Å². The van der Waals surface area contributed by atoms with Gasteiger partial charge in [0.2, 0.25) is 0 Å². The zero-order valence-corrected chi connectivity index (χ0v) is 16.1. The van der Waals surface area contributed by atoms with Crippen molar-refractivity contribution in [2.45, 2.75) is 0 Å². The van der Waals surface area contributed by atoms with Crippen LogP contribution in [-0.4, -0.2) is 32.7 Å². The molecule has 0 fully saturated rings. The lowest BCUT2D eigenvalue weighted by molar-refractivity contribution is -0.134. The quantitative estimate of drug-likeness (QED) is 0.547. The van der Waals surface area contributed by atoms with E-state index in [1.54, 1.807) is 42.5 Å². The number of anilines is 1. The van der Waals surface area contributed by atoms with Gasteiger partial charge in [-0.05, 0) is 42.0 Å². The smallest absolute Gasteiger partial charge is 0.330 e. The number of benzene rings is 2. The highest BCUT2D eigenvalue weighted by molar-refractivity contribution is 6.35. The minimum atomic E-state index is -0.467. The predicted octanol–water partition coefficient (Wildman–Crippen LogP) is 4.21. The van der Waals surface area contributed by atoms with Crippen LogP contribution in [-0.2, 0) is 14.3 Å². The van der Waals surface area contributed by atoms with Crippen molar-refractivity contribution >= 4 is 46.8 Å². The van der Waals surface area contributed by atoms with Crippen molar-refractivity contribution in [3.05, 3.63) is 58.1 Å². The fourth-order valence-electron chi connectivity index (χ4n) is 2.06. The Morgan fingerprint density at radius 3 is 2.56 bits per heavy atom. The normalized spacial score (nSPS) is 10.5. The molecule has 142 valence electrons. The largest absolute Gasteiger partial charge is 0.493 e. The summed E-state index contributed by atoms with van der Waals surface area (Å²) >= 11 is 11.9. The lowest BCUT2D eigenvalue weighted by Gasteiger charge is -2.12. The SMILES string of the molecule is COC(=O)/C=C/c1ccc(OCC(=O)Nc2cc(Cl)ccc2Cl)c(OC)c1. The third-order valence-electron chi connectivity index (χ3n) is 3.36. The van der Waals surface area contributed by atoms with Crippen LogP contribution in [0.3, 0.4) is 0 Å².